The Bertz CT molecular complexity index is 300. The van der Waals surface area contributed by atoms with Gasteiger partial charge >= 0.3 is 0 Å². The average molecular weight is 207 g/mol. The van der Waals surface area contributed by atoms with Crippen molar-refractivity contribution >= 4 is 0 Å². The van der Waals surface area contributed by atoms with Gasteiger partial charge in [-0.15, -0.1) is 0 Å². The maximum atomic E-state index is 5.23. The molecule has 3 rings (SSSR count). The van der Waals surface area contributed by atoms with E-state index in [0.29, 0.717) is 12.1 Å². The molecule has 0 radical (unpaired) electrons. The predicted octanol–water partition coefficient (Wildman–Crippen LogP) is 0.919. The van der Waals surface area contributed by atoms with E-state index in [4.69, 9.17) is 4.74 Å². The van der Waals surface area contributed by atoms with Crippen molar-refractivity contribution in [1.82, 2.24) is 14.5 Å². The SMILES string of the molecule is c1cn(C2CCN(C3COC3)CC2)cn1. The van der Waals surface area contributed by atoms with Gasteiger partial charge in [0.05, 0.1) is 25.6 Å². The van der Waals surface area contributed by atoms with E-state index in [-0.39, 0.29) is 0 Å². The minimum absolute atomic E-state index is 0.657. The second-order valence-electron chi connectivity index (χ2n) is 4.47. The third-order valence-electron chi connectivity index (χ3n) is 3.58. The maximum absolute atomic E-state index is 5.23. The molecule has 0 unspecified atom stereocenters. The summed E-state index contributed by atoms with van der Waals surface area (Å²) in [6.45, 7) is 4.29. The lowest BCUT2D eigenvalue weighted by Gasteiger charge is -2.41. The summed E-state index contributed by atoms with van der Waals surface area (Å²) >= 11 is 0. The van der Waals surface area contributed by atoms with Crippen LogP contribution >= 0.6 is 0 Å². The Morgan fingerprint density at radius 1 is 1.13 bits per heavy atom. The molecule has 15 heavy (non-hydrogen) atoms. The molecule has 3 heterocycles. The van der Waals surface area contributed by atoms with E-state index in [1.54, 1.807) is 0 Å². The van der Waals surface area contributed by atoms with Gasteiger partial charge in [-0.05, 0) is 12.8 Å². The Morgan fingerprint density at radius 3 is 2.47 bits per heavy atom. The number of imidazole rings is 1. The largest absolute Gasteiger partial charge is 0.378 e. The fourth-order valence-corrected chi connectivity index (χ4v) is 2.47. The van der Waals surface area contributed by atoms with Crippen LogP contribution in [-0.4, -0.2) is 46.8 Å². The van der Waals surface area contributed by atoms with Crippen LogP contribution in [0.15, 0.2) is 18.7 Å². The van der Waals surface area contributed by atoms with Crippen molar-refractivity contribution < 1.29 is 4.74 Å². The highest BCUT2D eigenvalue weighted by atomic mass is 16.5. The fraction of sp³-hybridized carbons (Fsp3) is 0.727. The zero-order chi connectivity index (χ0) is 10.1. The summed E-state index contributed by atoms with van der Waals surface area (Å²) in [5.74, 6) is 0. The quantitative estimate of drug-likeness (QED) is 0.722. The predicted molar refractivity (Wildman–Crippen MR) is 56.7 cm³/mol. The van der Waals surface area contributed by atoms with E-state index < -0.39 is 0 Å². The molecular formula is C11H17N3O. The third kappa shape index (κ3) is 1.79. The lowest BCUT2D eigenvalue weighted by atomic mass is 10.0. The number of ether oxygens (including phenoxy) is 1. The first-order chi connectivity index (χ1) is 7.43. The molecule has 2 aliphatic heterocycles. The van der Waals surface area contributed by atoms with Gasteiger partial charge in [0.1, 0.15) is 0 Å². The summed E-state index contributed by atoms with van der Waals surface area (Å²) < 4.78 is 7.47. The summed E-state index contributed by atoms with van der Waals surface area (Å²) in [4.78, 5) is 6.67. The van der Waals surface area contributed by atoms with Gasteiger partial charge in [-0.25, -0.2) is 4.98 Å². The van der Waals surface area contributed by atoms with Gasteiger partial charge in [-0.1, -0.05) is 0 Å². The molecule has 0 atom stereocenters. The van der Waals surface area contributed by atoms with Crippen molar-refractivity contribution in [3.8, 4) is 0 Å². The first-order valence-electron chi connectivity index (χ1n) is 5.73. The molecule has 2 saturated heterocycles. The molecule has 4 nitrogen and oxygen atoms in total. The van der Waals surface area contributed by atoms with Crippen LogP contribution in [0.1, 0.15) is 18.9 Å². The Labute approximate surface area is 89.9 Å². The summed E-state index contributed by atoms with van der Waals surface area (Å²) in [6, 6.07) is 1.36. The highest BCUT2D eigenvalue weighted by molar-refractivity contribution is 4.87. The Morgan fingerprint density at radius 2 is 1.93 bits per heavy atom. The van der Waals surface area contributed by atoms with Crippen molar-refractivity contribution in [3.63, 3.8) is 0 Å². The van der Waals surface area contributed by atoms with Crippen LogP contribution in [0.3, 0.4) is 0 Å². The molecule has 0 bridgehead atoms. The molecule has 0 saturated carbocycles. The maximum Gasteiger partial charge on any atom is 0.0948 e. The van der Waals surface area contributed by atoms with E-state index in [1.807, 2.05) is 12.5 Å². The lowest BCUT2D eigenvalue weighted by Crippen LogP contribution is -2.51. The van der Waals surface area contributed by atoms with Crippen LogP contribution in [0.4, 0.5) is 0 Å². The Kier molecular flexibility index (Phi) is 2.46. The van der Waals surface area contributed by atoms with Crippen LogP contribution in [0.2, 0.25) is 0 Å². The summed E-state index contributed by atoms with van der Waals surface area (Å²) in [7, 11) is 0. The van der Waals surface area contributed by atoms with Gasteiger partial charge in [0.2, 0.25) is 0 Å². The molecule has 82 valence electrons. The van der Waals surface area contributed by atoms with Gasteiger partial charge in [0, 0.05) is 31.5 Å². The Hall–Kier alpha value is -0.870. The van der Waals surface area contributed by atoms with Crippen LogP contribution in [-0.2, 0) is 4.74 Å². The van der Waals surface area contributed by atoms with Gasteiger partial charge in [0.15, 0.2) is 0 Å². The smallest absolute Gasteiger partial charge is 0.0948 e. The standard InChI is InChI=1S/C11H17N3O/c1-4-13(11-7-15-8-11)5-2-10(1)14-6-3-12-9-14/h3,6,9-11H,1-2,4-5,7-8H2. The molecular weight excluding hydrogens is 190 g/mol. The van der Waals surface area contributed by atoms with E-state index in [1.165, 1.54) is 25.9 Å². The monoisotopic (exact) mass is 207 g/mol. The van der Waals surface area contributed by atoms with Gasteiger partial charge in [-0.2, -0.15) is 0 Å². The molecule has 0 aromatic carbocycles. The second-order valence-corrected chi connectivity index (χ2v) is 4.47. The van der Waals surface area contributed by atoms with Crippen molar-refractivity contribution in [2.45, 2.75) is 24.9 Å². The number of nitrogens with zero attached hydrogens (tertiary/aromatic N) is 3. The molecule has 2 aliphatic rings. The average Bonchev–Trinajstić information content (AvgIpc) is 2.69. The molecule has 4 heteroatoms. The number of piperidine rings is 1. The van der Waals surface area contributed by atoms with Gasteiger partial charge < -0.3 is 9.30 Å². The first kappa shape index (κ1) is 9.36. The van der Waals surface area contributed by atoms with E-state index in [0.717, 1.165) is 13.2 Å². The highest BCUT2D eigenvalue weighted by Crippen LogP contribution is 2.24. The van der Waals surface area contributed by atoms with E-state index >= 15 is 0 Å². The fourth-order valence-electron chi connectivity index (χ4n) is 2.47. The normalized spacial score (nSPS) is 25.3. The second kappa shape index (κ2) is 3.94. The molecule has 1 aromatic rings. The number of rotatable bonds is 2. The van der Waals surface area contributed by atoms with Gasteiger partial charge in [-0.3, -0.25) is 4.90 Å². The summed E-state index contributed by atoms with van der Waals surface area (Å²) in [5.41, 5.74) is 0. The lowest BCUT2D eigenvalue weighted by molar-refractivity contribution is -0.0731. The van der Waals surface area contributed by atoms with E-state index in [9.17, 15) is 0 Å². The van der Waals surface area contributed by atoms with Crippen LogP contribution in [0, 0.1) is 0 Å². The number of aromatic nitrogens is 2. The molecule has 1 aromatic heterocycles. The summed E-state index contributed by atoms with van der Waals surface area (Å²) in [6.07, 6.45) is 8.37. The van der Waals surface area contributed by atoms with Crippen LogP contribution < -0.4 is 0 Å². The minimum atomic E-state index is 0.657. The van der Waals surface area contributed by atoms with Gasteiger partial charge in [0.25, 0.3) is 0 Å². The first-order valence-corrected chi connectivity index (χ1v) is 5.73. The molecule has 0 aliphatic carbocycles. The van der Waals surface area contributed by atoms with E-state index in [2.05, 4.69) is 20.6 Å². The van der Waals surface area contributed by atoms with Crippen molar-refractivity contribution in [2.75, 3.05) is 26.3 Å². The van der Waals surface area contributed by atoms with Crippen molar-refractivity contribution in [3.05, 3.63) is 18.7 Å². The number of hydrogen-bond donors (Lipinski definition) is 0. The zero-order valence-corrected chi connectivity index (χ0v) is 8.88. The van der Waals surface area contributed by atoms with Crippen molar-refractivity contribution in [2.24, 2.45) is 0 Å². The molecule has 0 amide bonds. The number of hydrogen-bond acceptors (Lipinski definition) is 3. The van der Waals surface area contributed by atoms with Crippen molar-refractivity contribution in [1.29, 1.82) is 0 Å². The molecule has 2 fully saturated rings. The summed E-state index contributed by atoms with van der Waals surface area (Å²) in [5, 5.41) is 0. The Balaban J connectivity index is 1.56. The van der Waals surface area contributed by atoms with Crippen LogP contribution in [0.25, 0.3) is 0 Å². The zero-order valence-electron chi connectivity index (χ0n) is 8.88. The molecule has 0 N–H and O–H groups in total. The topological polar surface area (TPSA) is 30.3 Å². The third-order valence-corrected chi connectivity index (χ3v) is 3.58. The number of likely N-dealkylation sites (tertiary alicyclic amines) is 1. The molecule has 0 spiro atoms. The van der Waals surface area contributed by atoms with Crippen LogP contribution in [0.5, 0.6) is 0 Å². The highest BCUT2D eigenvalue weighted by Gasteiger charge is 2.29. The minimum Gasteiger partial charge on any atom is -0.378 e.